The van der Waals surface area contributed by atoms with Crippen molar-refractivity contribution in [2.24, 2.45) is 5.18 Å². The van der Waals surface area contributed by atoms with Gasteiger partial charge < -0.3 is 15.1 Å². The van der Waals surface area contributed by atoms with Gasteiger partial charge in [0.1, 0.15) is 11.5 Å². The summed E-state index contributed by atoms with van der Waals surface area (Å²) in [6.45, 7) is 7.33. The van der Waals surface area contributed by atoms with Crippen LogP contribution in [0.15, 0.2) is 41.6 Å². The van der Waals surface area contributed by atoms with Crippen molar-refractivity contribution < 1.29 is 0 Å². The predicted molar refractivity (Wildman–Crippen MR) is 106 cm³/mol. The van der Waals surface area contributed by atoms with E-state index < -0.39 is 0 Å². The first-order chi connectivity index (χ1) is 12.0. The SMILES string of the molecule is Cc1cc(C)nc(NC(=S)N2CCN(c3cccc(N=O)c3)CC2)c1. The van der Waals surface area contributed by atoms with Crippen LogP contribution in [0.2, 0.25) is 0 Å². The van der Waals surface area contributed by atoms with Gasteiger partial charge in [-0.15, -0.1) is 4.91 Å². The summed E-state index contributed by atoms with van der Waals surface area (Å²) < 4.78 is 0. The highest BCUT2D eigenvalue weighted by molar-refractivity contribution is 7.80. The number of rotatable bonds is 3. The van der Waals surface area contributed by atoms with Crippen LogP contribution in [0.5, 0.6) is 0 Å². The third-order valence-corrected chi connectivity index (χ3v) is 4.56. The second-order valence-electron chi connectivity index (χ2n) is 6.19. The summed E-state index contributed by atoms with van der Waals surface area (Å²) in [5, 5.41) is 6.94. The van der Waals surface area contributed by atoms with Gasteiger partial charge in [0, 0.05) is 37.6 Å². The van der Waals surface area contributed by atoms with Crippen molar-refractivity contribution in [2.45, 2.75) is 13.8 Å². The van der Waals surface area contributed by atoms with E-state index in [1.54, 1.807) is 6.07 Å². The molecule has 130 valence electrons. The van der Waals surface area contributed by atoms with Crippen molar-refractivity contribution in [3.05, 3.63) is 52.6 Å². The molecule has 7 heteroatoms. The second kappa shape index (κ2) is 7.57. The minimum atomic E-state index is 0.456. The molecule has 2 aromatic rings. The number of aryl methyl sites for hydroxylation is 2. The Bertz CT molecular complexity index is 767. The standard InChI is InChI=1S/C18H21N5OS/c1-13-10-14(2)19-17(11-13)20-18(25)23-8-6-22(7-9-23)16-5-3-4-15(12-16)21-24/h3-5,10-12H,6-9H2,1-2H3,(H,19,20,25). The lowest BCUT2D eigenvalue weighted by Crippen LogP contribution is -2.50. The highest BCUT2D eigenvalue weighted by atomic mass is 32.1. The van der Waals surface area contributed by atoms with Crippen molar-refractivity contribution in [3.8, 4) is 0 Å². The smallest absolute Gasteiger partial charge is 0.174 e. The van der Waals surface area contributed by atoms with E-state index in [-0.39, 0.29) is 0 Å². The van der Waals surface area contributed by atoms with E-state index in [2.05, 4.69) is 25.3 Å². The quantitative estimate of drug-likeness (QED) is 0.670. The lowest BCUT2D eigenvalue weighted by Gasteiger charge is -2.37. The molecule has 2 heterocycles. The molecule has 1 aromatic carbocycles. The highest BCUT2D eigenvalue weighted by Gasteiger charge is 2.19. The van der Waals surface area contributed by atoms with E-state index in [4.69, 9.17) is 12.2 Å². The van der Waals surface area contributed by atoms with Crippen LogP contribution in [0, 0.1) is 18.8 Å². The van der Waals surface area contributed by atoms with Gasteiger partial charge in [-0.2, -0.15) is 0 Å². The van der Waals surface area contributed by atoms with Gasteiger partial charge in [0.2, 0.25) is 0 Å². The maximum absolute atomic E-state index is 10.7. The molecule has 1 fully saturated rings. The molecule has 1 aromatic heterocycles. The average molecular weight is 355 g/mol. The number of pyridine rings is 1. The number of benzene rings is 1. The monoisotopic (exact) mass is 355 g/mol. The maximum Gasteiger partial charge on any atom is 0.174 e. The topological polar surface area (TPSA) is 60.8 Å². The first-order valence-electron chi connectivity index (χ1n) is 8.25. The summed E-state index contributed by atoms with van der Waals surface area (Å²) in [5.74, 6) is 0.787. The van der Waals surface area contributed by atoms with E-state index >= 15 is 0 Å². The molecule has 0 bridgehead atoms. The van der Waals surface area contributed by atoms with Crippen LogP contribution in [-0.4, -0.2) is 41.2 Å². The van der Waals surface area contributed by atoms with Crippen molar-refractivity contribution in [1.29, 1.82) is 0 Å². The first-order valence-corrected chi connectivity index (χ1v) is 8.65. The Morgan fingerprint density at radius 3 is 2.60 bits per heavy atom. The molecule has 0 amide bonds. The van der Waals surface area contributed by atoms with Crippen LogP contribution in [0.3, 0.4) is 0 Å². The fraction of sp³-hybridized carbons (Fsp3) is 0.333. The Morgan fingerprint density at radius 2 is 1.92 bits per heavy atom. The van der Waals surface area contributed by atoms with Crippen LogP contribution in [0.25, 0.3) is 0 Å². The number of hydrogen-bond acceptors (Lipinski definition) is 5. The number of nitrogens with zero attached hydrogens (tertiary/aromatic N) is 4. The van der Waals surface area contributed by atoms with E-state index in [1.807, 2.05) is 44.2 Å². The van der Waals surface area contributed by atoms with Gasteiger partial charge in [-0.3, -0.25) is 0 Å². The Labute approximate surface area is 152 Å². The molecular weight excluding hydrogens is 334 g/mol. The molecule has 1 N–H and O–H groups in total. The lowest BCUT2D eigenvalue weighted by molar-refractivity contribution is 0.391. The molecule has 6 nitrogen and oxygen atoms in total. The summed E-state index contributed by atoms with van der Waals surface area (Å²) in [6, 6.07) is 11.4. The number of nitroso groups, excluding NO2 is 1. The number of aromatic nitrogens is 1. The van der Waals surface area contributed by atoms with Crippen molar-refractivity contribution in [2.75, 3.05) is 36.4 Å². The normalized spacial score (nSPS) is 14.3. The zero-order valence-corrected chi connectivity index (χ0v) is 15.2. The predicted octanol–water partition coefficient (Wildman–Crippen LogP) is 3.62. The Hall–Kier alpha value is -2.54. The van der Waals surface area contributed by atoms with Gasteiger partial charge >= 0.3 is 0 Å². The summed E-state index contributed by atoms with van der Waals surface area (Å²) in [5.41, 5.74) is 3.61. The number of anilines is 2. The van der Waals surface area contributed by atoms with Crippen LogP contribution >= 0.6 is 12.2 Å². The molecule has 0 saturated carbocycles. The van der Waals surface area contributed by atoms with E-state index in [0.29, 0.717) is 10.8 Å². The molecule has 0 spiro atoms. The molecule has 1 aliphatic heterocycles. The molecule has 1 saturated heterocycles. The van der Waals surface area contributed by atoms with Crippen LogP contribution in [0.4, 0.5) is 17.2 Å². The van der Waals surface area contributed by atoms with Crippen LogP contribution in [-0.2, 0) is 0 Å². The van der Waals surface area contributed by atoms with Gasteiger partial charge in [0.05, 0.1) is 0 Å². The van der Waals surface area contributed by atoms with E-state index in [0.717, 1.165) is 48.9 Å². The second-order valence-corrected chi connectivity index (χ2v) is 6.57. The minimum Gasteiger partial charge on any atom is -0.368 e. The van der Waals surface area contributed by atoms with Gasteiger partial charge in [0.15, 0.2) is 5.11 Å². The Kier molecular flexibility index (Phi) is 5.23. The lowest BCUT2D eigenvalue weighted by atomic mass is 10.2. The van der Waals surface area contributed by atoms with Crippen LogP contribution < -0.4 is 10.2 Å². The summed E-state index contributed by atoms with van der Waals surface area (Å²) in [7, 11) is 0. The molecule has 3 rings (SSSR count). The Morgan fingerprint density at radius 1 is 1.16 bits per heavy atom. The molecule has 0 radical (unpaired) electrons. The molecular formula is C18H21N5OS. The van der Waals surface area contributed by atoms with Crippen LogP contribution in [0.1, 0.15) is 11.3 Å². The van der Waals surface area contributed by atoms with Gasteiger partial charge in [0.25, 0.3) is 0 Å². The molecule has 25 heavy (non-hydrogen) atoms. The van der Waals surface area contributed by atoms with Gasteiger partial charge in [-0.25, -0.2) is 4.98 Å². The number of nitrogens with one attached hydrogen (secondary N) is 1. The molecule has 0 atom stereocenters. The van der Waals surface area contributed by atoms with E-state index in [9.17, 15) is 4.91 Å². The van der Waals surface area contributed by atoms with Crippen molar-refractivity contribution in [1.82, 2.24) is 9.88 Å². The third-order valence-electron chi connectivity index (χ3n) is 4.20. The molecule has 0 unspecified atom stereocenters. The average Bonchev–Trinajstić information content (AvgIpc) is 2.61. The third kappa shape index (κ3) is 4.30. The zero-order chi connectivity index (χ0) is 17.8. The summed E-state index contributed by atoms with van der Waals surface area (Å²) in [6.07, 6.45) is 0. The zero-order valence-electron chi connectivity index (χ0n) is 14.4. The fourth-order valence-corrected chi connectivity index (χ4v) is 3.30. The molecule has 0 aliphatic carbocycles. The maximum atomic E-state index is 10.7. The van der Waals surface area contributed by atoms with Crippen molar-refractivity contribution in [3.63, 3.8) is 0 Å². The first kappa shape index (κ1) is 17.3. The number of thiocarbonyl (C=S) groups is 1. The number of hydrogen-bond donors (Lipinski definition) is 1. The minimum absolute atomic E-state index is 0.456. The number of piperazine rings is 1. The van der Waals surface area contributed by atoms with Gasteiger partial charge in [-0.1, -0.05) is 6.07 Å². The summed E-state index contributed by atoms with van der Waals surface area (Å²) in [4.78, 5) is 19.6. The largest absolute Gasteiger partial charge is 0.368 e. The van der Waals surface area contributed by atoms with Gasteiger partial charge in [-0.05, 0) is 67.1 Å². The highest BCUT2D eigenvalue weighted by Crippen LogP contribution is 2.22. The molecule has 1 aliphatic rings. The summed E-state index contributed by atoms with van der Waals surface area (Å²) >= 11 is 5.54. The van der Waals surface area contributed by atoms with E-state index in [1.165, 1.54) is 0 Å². The fourth-order valence-electron chi connectivity index (χ4n) is 3.01. The Balaban J connectivity index is 1.59. The van der Waals surface area contributed by atoms with Crippen molar-refractivity contribution >= 4 is 34.5 Å².